The molecular weight excluding hydrogens is 364 g/mol. The number of amides is 1. The molecule has 29 heavy (non-hydrogen) atoms. The molecule has 4 rings (SSSR count). The summed E-state index contributed by atoms with van der Waals surface area (Å²) >= 11 is 0. The van der Waals surface area contributed by atoms with Gasteiger partial charge in [0.05, 0.1) is 0 Å². The number of nitrogens with one attached hydrogen (secondary N) is 2. The van der Waals surface area contributed by atoms with Gasteiger partial charge in [-0.3, -0.25) is 9.59 Å². The highest BCUT2D eigenvalue weighted by molar-refractivity contribution is 6.04. The number of carbonyl (C=O) groups is 2. The molecule has 0 atom stereocenters. The molecule has 1 aromatic heterocycles. The third-order valence-electron chi connectivity index (χ3n) is 5.26. The molecule has 0 aliphatic heterocycles. The average Bonchev–Trinajstić information content (AvgIpc) is 3.09. The minimum Gasteiger partial charge on any atom is -0.489 e. The van der Waals surface area contributed by atoms with Crippen molar-refractivity contribution in [3.05, 3.63) is 88.2 Å². The predicted octanol–water partition coefficient (Wildman–Crippen LogP) is 4.35. The molecule has 0 saturated heterocycles. The summed E-state index contributed by atoms with van der Waals surface area (Å²) in [4.78, 5) is 28.0. The van der Waals surface area contributed by atoms with Crippen molar-refractivity contribution in [1.82, 2.24) is 10.3 Å². The van der Waals surface area contributed by atoms with Gasteiger partial charge in [0, 0.05) is 24.2 Å². The molecule has 2 aromatic carbocycles. The molecule has 3 aromatic rings. The number of benzene rings is 2. The summed E-state index contributed by atoms with van der Waals surface area (Å²) in [6.07, 6.45) is 2.21. The summed E-state index contributed by atoms with van der Waals surface area (Å²) in [5.41, 5.74) is 4.89. The zero-order valence-corrected chi connectivity index (χ0v) is 16.5. The Morgan fingerprint density at radius 2 is 1.86 bits per heavy atom. The number of aromatic amines is 1. The summed E-state index contributed by atoms with van der Waals surface area (Å²) in [6, 6.07) is 17.7. The topological polar surface area (TPSA) is 71.2 Å². The normalized spacial score (nSPS) is 13.1. The first kappa shape index (κ1) is 19.0. The quantitative estimate of drug-likeness (QED) is 0.659. The smallest absolute Gasteiger partial charge is 0.268 e. The summed E-state index contributed by atoms with van der Waals surface area (Å²) in [6.45, 7) is 2.72. The van der Waals surface area contributed by atoms with Crippen LogP contribution in [-0.2, 0) is 19.6 Å². The van der Waals surface area contributed by atoms with E-state index in [-0.39, 0.29) is 11.7 Å². The number of Topliss-reactive ketones (excluding diaryl/α,β-unsaturated/α-hetero) is 1. The minimum atomic E-state index is -0.194. The van der Waals surface area contributed by atoms with E-state index in [0.717, 1.165) is 41.0 Å². The van der Waals surface area contributed by atoms with Gasteiger partial charge in [-0.15, -0.1) is 0 Å². The Balaban J connectivity index is 1.39. The fourth-order valence-corrected chi connectivity index (χ4v) is 3.76. The van der Waals surface area contributed by atoms with E-state index < -0.39 is 0 Å². The average molecular weight is 388 g/mol. The fourth-order valence-electron chi connectivity index (χ4n) is 3.76. The van der Waals surface area contributed by atoms with E-state index in [2.05, 4.69) is 10.3 Å². The van der Waals surface area contributed by atoms with E-state index in [0.29, 0.717) is 30.8 Å². The van der Waals surface area contributed by atoms with Crippen LogP contribution in [0.15, 0.2) is 54.6 Å². The molecule has 1 heterocycles. The standard InChI is InChI=1S/C24H24N2O3/c1-16-22-20(11-6-12-21(22)27)26-23(16)24(28)25-14-18-9-5-10-19(13-18)29-15-17-7-3-2-4-8-17/h2-5,7-10,13,26H,6,11-12,14-15H2,1H3,(H,25,28). The van der Waals surface area contributed by atoms with E-state index in [9.17, 15) is 9.59 Å². The summed E-state index contributed by atoms with van der Waals surface area (Å²) in [5.74, 6) is 0.695. The minimum absolute atomic E-state index is 0.127. The van der Waals surface area contributed by atoms with Gasteiger partial charge >= 0.3 is 0 Å². The number of fused-ring (bicyclic) bond motifs is 1. The van der Waals surface area contributed by atoms with Gasteiger partial charge in [-0.25, -0.2) is 0 Å². The van der Waals surface area contributed by atoms with Gasteiger partial charge in [-0.1, -0.05) is 42.5 Å². The molecule has 1 aliphatic rings. The number of ether oxygens (including phenoxy) is 1. The molecule has 5 heteroatoms. The first-order valence-electron chi connectivity index (χ1n) is 9.90. The maximum Gasteiger partial charge on any atom is 0.268 e. The monoisotopic (exact) mass is 388 g/mol. The molecular formula is C24H24N2O3. The summed E-state index contributed by atoms with van der Waals surface area (Å²) in [5, 5.41) is 2.94. The molecule has 0 saturated carbocycles. The summed E-state index contributed by atoms with van der Waals surface area (Å²) in [7, 11) is 0. The van der Waals surface area contributed by atoms with Crippen molar-refractivity contribution in [1.29, 1.82) is 0 Å². The van der Waals surface area contributed by atoms with Crippen molar-refractivity contribution < 1.29 is 14.3 Å². The van der Waals surface area contributed by atoms with Gasteiger partial charge in [0.25, 0.3) is 5.91 Å². The maximum atomic E-state index is 12.7. The largest absolute Gasteiger partial charge is 0.489 e. The van der Waals surface area contributed by atoms with Crippen LogP contribution in [0.5, 0.6) is 5.75 Å². The highest BCUT2D eigenvalue weighted by atomic mass is 16.5. The maximum absolute atomic E-state index is 12.7. The number of carbonyl (C=O) groups excluding carboxylic acids is 2. The van der Waals surface area contributed by atoms with Crippen LogP contribution in [0.4, 0.5) is 0 Å². The van der Waals surface area contributed by atoms with Crippen LogP contribution in [-0.4, -0.2) is 16.7 Å². The van der Waals surface area contributed by atoms with Crippen molar-refractivity contribution in [2.24, 2.45) is 0 Å². The second-order valence-corrected chi connectivity index (χ2v) is 7.36. The molecule has 5 nitrogen and oxygen atoms in total. The van der Waals surface area contributed by atoms with Gasteiger partial charge in [0.15, 0.2) is 5.78 Å². The number of hydrogen-bond donors (Lipinski definition) is 2. The molecule has 2 N–H and O–H groups in total. The molecule has 0 fully saturated rings. The van der Waals surface area contributed by atoms with E-state index in [4.69, 9.17) is 4.74 Å². The van der Waals surface area contributed by atoms with E-state index in [1.807, 2.05) is 61.5 Å². The molecule has 1 aliphatic carbocycles. The Labute approximate surface area is 170 Å². The predicted molar refractivity (Wildman–Crippen MR) is 111 cm³/mol. The van der Waals surface area contributed by atoms with Crippen LogP contribution in [0.1, 0.15) is 56.1 Å². The molecule has 0 bridgehead atoms. The van der Waals surface area contributed by atoms with Crippen molar-refractivity contribution >= 4 is 11.7 Å². The lowest BCUT2D eigenvalue weighted by atomic mass is 9.94. The molecule has 148 valence electrons. The number of hydrogen-bond acceptors (Lipinski definition) is 3. The van der Waals surface area contributed by atoms with Gasteiger partial charge in [0.1, 0.15) is 18.1 Å². The van der Waals surface area contributed by atoms with Crippen molar-refractivity contribution in [3.63, 3.8) is 0 Å². The summed E-state index contributed by atoms with van der Waals surface area (Å²) < 4.78 is 5.85. The Morgan fingerprint density at radius 3 is 2.66 bits per heavy atom. The van der Waals surface area contributed by atoms with Crippen LogP contribution in [0.25, 0.3) is 0 Å². The van der Waals surface area contributed by atoms with Crippen LogP contribution in [0.2, 0.25) is 0 Å². The SMILES string of the molecule is Cc1c(C(=O)NCc2cccc(OCc3ccccc3)c2)[nH]c2c1C(=O)CCC2. The Morgan fingerprint density at radius 1 is 1.07 bits per heavy atom. The number of rotatable bonds is 6. The number of ketones is 1. The van der Waals surface area contributed by atoms with Crippen LogP contribution in [0, 0.1) is 6.92 Å². The lowest BCUT2D eigenvalue weighted by molar-refractivity contribution is 0.0944. The number of H-pyrrole nitrogens is 1. The highest BCUT2D eigenvalue weighted by Gasteiger charge is 2.26. The highest BCUT2D eigenvalue weighted by Crippen LogP contribution is 2.26. The Hall–Kier alpha value is -3.34. The van der Waals surface area contributed by atoms with Crippen molar-refractivity contribution in [3.8, 4) is 5.75 Å². The lowest BCUT2D eigenvalue weighted by Gasteiger charge is -2.10. The number of aryl methyl sites for hydroxylation is 1. The third kappa shape index (κ3) is 4.24. The molecule has 0 unspecified atom stereocenters. The van der Waals surface area contributed by atoms with E-state index in [1.165, 1.54) is 0 Å². The molecule has 1 amide bonds. The van der Waals surface area contributed by atoms with E-state index in [1.54, 1.807) is 0 Å². The Kier molecular flexibility index (Phi) is 5.47. The second kappa shape index (κ2) is 8.35. The molecule has 0 spiro atoms. The lowest BCUT2D eigenvalue weighted by Crippen LogP contribution is -2.24. The number of aromatic nitrogens is 1. The third-order valence-corrected chi connectivity index (χ3v) is 5.26. The van der Waals surface area contributed by atoms with Crippen LogP contribution < -0.4 is 10.1 Å². The molecule has 0 radical (unpaired) electrons. The van der Waals surface area contributed by atoms with Gasteiger partial charge in [0.2, 0.25) is 0 Å². The zero-order chi connectivity index (χ0) is 20.2. The second-order valence-electron chi connectivity index (χ2n) is 7.36. The first-order chi connectivity index (χ1) is 14.1. The van der Waals surface area contributed by atoms with Gasteiger partial charge < -0.3 is 15.0 Å². The zero-order valence-electron chi connectivity index (χ0n) is 16.5. The van der Waals surface area contributed by atoms with Crippen molar-refractivity contribution in [2.45, 2.75) is 39.3 Å². The van der Waals surface area contributed by atoms with Crippen LogP contribution in [0.3, 0.4) is 0 Å². The fraction of sp³-hybridized carbons (Fsp3) is 0.250. The van der Waals surface area contributed by atoms with Gasteiger partial charge in [-0.05, 0) is 48.6 Å². The van der Waals surface area contributed by atoms with E-state index >= 15 is 0 Å². The van der Waals surface area contributed by atoms with Crippen molar-refractivity contribution in [2.75, 3.05) is 0 Å². The Bertz CT molecular complexity index is 1040. The van der Waals surface area contributed by atoms with Crippen LogP contribution >= 0.6 is 0 Å². The first-order valence-corrected chi connectivity index (χ1v) is 9.90. The van der Waals surface area contributed by atoms with Gasteiger partial charge in [-0.2, -0.15) is 0 Å².